The molecule has 1 aromatic heterocycles. The monoisotopic (exact) mass is 227 g/mol. The van der Waals surface area contributed by atoms with Crippen LogP contribution < -0.4 is 23.2 Å². The second-order valence-corrected chi connectivity index (χ2v) is 2.57. The molecule has 0 aromatic carbocycles. The van der Waals surface area contributed by atoms with E-state index in [-0.39, 0.29) is 23.1 Å². The van der Waals surface area contributed by atoms with Crippen molar-refractivity contribution >= 4 is 17.6 Å². The summed E-state index contributed by atoms with van der Waals surface area (Å²) in [6.07, 6.45) is 0. The molecule has 1 heterocycles. The van der Waals surface area contributed by atoms with E-state index in [1.807, 2.05) is 0 Å². The average Bonchev–Trinajstić information content (AvgIpc) is 2.71. The van der Waals surface area contributed by atoms with Gasteiger partial charge in [0.05, 0.1) is 0 Å². The number of amidine groups is 2. The fraction of sp³-hybridized carbons (Fsp3) is 0. The van der Waals surface area contributed by atoms with Crippen molar-refractivity contribution in [1.29, 1.82) is 0 Å². The summed E-state index contributed by atoms with van der Waals surface area (Å²) in [5.74, 6) is 8.86. The van der Waals surface area contributed by atoms with E-state index in [0.29, 0.717) is 0 Å². The number of aromatic amines is 1. The molecule has 0 aliphatic heterocycles. The number of nitro groups is 1. The van der Waals surface area contributed by atoms with Crippen LogP contribution >= 0.6 is 0 Å². The molecule has 0 saturated carbocycles. The zero-order valence-corrected chi connectivity index (χ0v) is 7.91. The highest BCUT2D eigenvalue weighted by atomic mass is 16.6. The first-order valence-corrected chi connectivity index (χ1v) is 3.83. The van der Waals surface area contributed by atoms with Crippen LogP contribution in [0.1, 0.15) is 11.4 Å². The number of hydrazone groups is 2. The number of H-pyrrole nitrogens is 1. The number of nitrogens with zero attached hydrogens (tertiary/aromatic N) is 4. The Morgan fingerprint density at radius 1 is 1.31 bits per heavy atom. The van der Waals surface area contributed by atoms with Crippen LogP contribution in [0, 0.1) is 10.1 Å². The molecule has 16 heavy (non-hydrogen) atoms. The lowest BCUT2D eigenvalue weighted by Gasteiger charge is -1.94. The Morgan fingerprint density at radius 2 is 1.88 bits per heavy atom. The van der Waals surface area contributed by atoms with Crippen LogP contribution in [0.2, 0.25) is 0 Å². The molecule has 86 valence electrons. The van der Waals surface area contributed by atoms with Gasteiger partial charge in [-0.05, 0) is 4.92 Å². The Labute approximate surface area is 88.3 Å². The van der Waals surface area contributed by atoms with Gasteiger partial charge in [-0.25, -0.2) is 4.98 Å². The third-order valence-corrected chi connectivity index (χ3v) is 1.64. The van der Waals surface area contributed by atoms with Crippen molar-refractivity contribution in [1.82, 2.24) is 9.97 Å². The van der Waals surface area contributed by atoms with E-state index in [9.17, 15) is 10.1 Å². The molecule has 11 nitrogen and oxygen atoms in total. The van der Waals surface area contributed by atoms with Crippen LogP contribution in [-0.2, 0) is 0 Å². The molecular formula is C5H9N9O2. The molecule has 1 aromatic rings. The molecular weight excluding hydrogens is 218 g/mol. The Bertz CT molecular complexity index is 437. The zero-order valence-electron chi connectivity index (χ0n) is 7.91. The zero-order chi connectivity index (χ0) is 12.3. The molecule has 0 amide bonds. The van der Waals surface area contributed by atoms with Crippen molar-refractivity contribution in [3.63, 3.8) is 0 Å². The van der Waals surface area contributed by atoms with Crippen LogP contribution in [0.4, 0.5) is 5.95 Å². The number of hydrogen-bond acceptors (Lipinski definition) is 7. The predicted molar refractivity (Wildman–Crippen MR) is 55.1 cm³/mol. The largest absolute Gasteiger partial charge is 0.433 e. The van der Waals surface area contributed by atoms with E-state index in [1.54, 1.807) is 0 Å². The summed E-state index contributed by atoms with van der Waals surface area (Å²) < 4.78 is 0. The number of nitrogens with one attached hydrogen (secondary N) is 1. The smallest absolute Gasteiger partial charge is 0.390 e. The van der Waals surface area contributed by atoms with Crippen LogP contribution in [0.25, 0.3) is 0 Å². The summed E-state index contributed by atoms with van der Waals surface area (Å²) >= 11 is 0. The highest BCUT2D eigenvalue weighted by Gasteiger charge is 2.25. The van der Waals surface area contributed by atoms with Gasteiger partial charge in [-0.15, -0.1) is 0 Å². The van der Waals surface area contributed by atoms with Gasteiger partial charge in [0, 0.05) is 0 Å². The highest BCUT2D eigenvalue weighted by molar-refractivity contribution is 6.08. The van der Waals surface area contributed by atoms with E-state index < -0.39 is 10.9 Å². The van der Waals surface area contributed by atoms with Gasteiger partial charge in [-0.3, -0.25) is 0 Å². The van der Waals surface area contributed by atoms with Crippen molar-refractivity contribution in [2.45, 2.75) is 0 Å². The molecule has 11 heteroatoms. The fourth-order valence-corrected chi connectivity index (χ4v) is 0.944. The highest BCUT2D eigenvalue weighted by Crippen LogP contribution is 2.11. The Hall–Kier alpha value is -2.85. The molecule has 0 aliphatic rings. The molecule has 0 aliphatic carbocycles. The molecule has 0 saturated heterocycles. The maximum Gasteiger partial charge on any atom is 0.433 e. The van der Waals surface area contributed by atoms with Gasteiger partial charge < -0.3 is 33.3 Å². The number of aromatic nitrogens is 2. The number of nitrogens with two attached hydrogens (primary N) is 4. The van der Waals surface area contributed by atoms with Crippen LogP contribution in [0.15, 0.2) is 10.2 Å². The lowest BCUT2D eigenvalue weighted by molar-refractivity contribution is -0.393. The normalized spacial score (nSPS) is 12.8. The van der Waals surface area contributed by atoms with E-state index in [2.05, 4.69) is 20.2 Å². The molecule has 9 N–H and O–H groups in total. The minimum absolute atomic E-state index is 0.0131. The minimum atomic E-state index is -0.763. The standard InChI is InChI=1S/C5H9N9O2/c6-3(12-8)1-2(4(7)13-9)11-5(10-1)14(15)16/h8-9H2,(H2,6,12)(H2,7,13)(H,10,11). The van der Waals surface area contributed by atoms with Gasteiger partial charge >= 0.3 is 5.95 Å². The van der Waals surface area contributed by atoms with Gasteiger partial charge in [0.25, 0.3) is 0 Å². The fourth-order valence-electron chi connectivity index (χ4n) is 0.944. The quantitative estimate of drug-likeness (QED) is 0.123. The molecule has 0 atom stereocenters. The van der Waals surface area contributed by atoms with Gasteiger partial charge in [0.2, 0.25) is 5.69 Å². The second-order valence-electron chi connectivity index (χ2n) is 2.57. The molecule has 0 spiro atoms. The summed E-state index contributed by atoms with van der Waals surface area (Å²) in [4.78, 5) is 15.5. The first-order valence-electron chi connectivity index (χ1n) is 3.83. The topological polar surface area (TPSA) is 201 Å². The Balaban J connectivity index is 3.40. The average molecular weight is 227 g/mol. The van der Waals surface area contributed by atoms with Crippen molar-refractivity contribution in [2.24, 2.45) is 33.4 Å². The third kappa shape index (κ3) is 1.82. The first kappa shape index (κ1) is 11.2. The second kappa shape index (κ2) is 4.12. The summed E-state index contributed by atoms with van der Waals surface area (Å²) in [6.45, 7) is 0. The lowest BCUT2D eigenvalue weighted by Crippen LogP contribution is -2.24. The van der Waals surface area contributed by atoms with Gasteiger partial charge in [0.15, 0.2) is 17.4 Å². The maximum absolute atomic E-state index is 10.5. The molecule has 0 unspecified atom stereocenters. The maximum atomic E-state index is 10.5. The molecule has 0 bridgehead atoms. The molecule has 0 fully saturated rings. The van der Waals surface area contributed by atoms with Crippen molar-refractivity contribution in [3.8, 4) is 0 Å². The van der Waals surface area contributed by atoms with Gasteiger partial charge in [-0.2, -0.15) is 10.2 Å². The molecule has 1 rings (SSSR count). The van der Waals surface area contributed by atoms with E-state index in [4.69, 9.17) is 23.2 Å². The van der Waals surface area contributed by atoms with Crippen molar-refractivity contribution < 1.29 is 4.92 Å². The minimum Gasteiger partial charge on any atom is -0.390 e. The van der Waals surface area contributed by atoms with Crippen LogP contribution in [-0.4, -0.2) is 26.6 Å². The van der Waals surface area contributed by atoms with Gasteiger partial charge in [0.1, 0.15) is 0 Å². The van der Waals surface area contributed by atoms with E-state index >= 15 is 0 Å². The van der Waals surface area contributed by atoms with Crippen molar-refractivity contribution in [2.75, 3.05) is 0 Å². The summed E-state index contributed by atoms with van der Waals surface area (Å²) in [6, 6.07) is 0. The summed E-state index contributed by atoms with van der Waals surface area (Å²) in [7, 11) is 0. The number of imidazole rings is 1. The Morgan fingerprint density at radius 3 is 2.31 bits per heavy atom. The summed E-state index contributed by atoms with van der Waals surface area (Å²) in [5.41, 5.74) is 10.7. The van der Waals surface area contributed by atoms with Crippen LogP contribution in [0.5, 0.6) is 0 Å². The van der Waals surface area contributed by atoms with E-state index in [0.717, 1.165) is 0 Å². The number of rotatable bonds is 3. The molecule has 0 radical (unpaired) electrons. The first-order chi connectivity index (χ1) is 7.51. The Kier molecular flexibility index (Phi) is 2.89. The SMILES string of the molecule is N/N=C(\N)c1nc([N+](=O)[O-])[nH]c1/C(N)=N/N. The third-order valence-electron chi connectivity index (χ3n) is 1.64. The van der Waals surface area contributed by atoms with Gasteiger partial charge in [-0.1, -0.05) is 4.98 Å². The van der Waals surface area contributed by atoms with Crippen LogP contribution in [0.3, 0.4) is 0 Å². The predicted octanol–water partition coefficient (Wildman–Crippen LogP) is -2.52. The van der Waals surface area contributed by atoms with E-state index in [1.165, 1.54) is 0 Å². The lowest BCUT2D eigenvalue weighted by atomic mass is 10.3. The summed E-state index contributed by atoms with van der Waals surface area (Å²) in [5, 5.41) is 16.8. The van der Waals surface area contributed by atoms with Crippen molar-refractivity contribution in [3.05, 3.63) is 21.5 Å². The number of hydrogen-bond donors (Lipinski definition) is 5.